The first-order valence-electron chi connectivity index (χ1n) is 6.84. The standard InChI is InChI=1S/C9H6ClS.C5H11N2.Hg/c1-6-5-11-9-4-7(10)2-3-8(6)9;1-2-6-4-5-7-3-1;/h2-4H,1H3;6H,1-5H2;/q;-1;+1. The molecule has 1 aliphatic rings. The number of hydrogen-bond acceptors (Lipinski definition) is 3. The van der Waals surface area contributed by atoms with E-state index in [2.05, 4.69) is 27.0 Å². The summed E-state index contributed by atoms with van der Waals surface area (Å²) in [6.45, 7) is 7.18. The molecule has 3 rings (SSSR count). The molecule has 0 bridgehead atoms. The Hall–Kier alpha value is 0.325. The van der Waals surface area contributed by atoms with E-state index in [0.717, 1.165) is 11.6 Å². The molecule has 0 spiro atoms. The fourth-order valence-corrected chi connectivity index (χ4v) is 14.1. The second-order valence-electron chi connectivity index (χ2n) is 5.17. The van der Waals surface area contributed by atoms with E-state index >= 15 is 0 Å². The summed E-state index contributed by atoms with van der Waals surface area (Å²) >= 11 is 6.95. The number of fused-ring (bicyclic) bond motifs is 1. The van der Waals surface area contributed by atoms with Crippen LogP contribution in [-0.4, -0.2) is 28.8 Å². The van der Waals surface area contributed by atoms with Crippen molar-refractivity contribution in [3.63, 3.8) is 0 Å². The summed E-state index contributed by atoms with van der Waals surface area (Å²) in [4.78, 5) is 0. The Kier molecular flexibility index (Phi) is 4.80. The zero-order valence-electron chi connectivity index (χ0n) is 11.2. The van der Waals surface area contributed by atoms with E-state index in [1.807, 2.05) is 17.4 Å². The van der Waals surface area contributed by atoms with Crippen LogP contribution in [0.2, 0.25) is 5.02 Å². The maximum atomic E-state index is 6.10. The maximum absolute atomic E-state index is 6.10. The number of benzene rings is 1. The molecule has 98 valence electrons. The minimum atomic E-state index is -1.14. The summed E-state index contributed by atoms with van der Waals surface area (Å²) in [6.07, 6.45) is 1.30. The molecule has 1 saturated heterocycles. The van der Waals surface area contributed by atoms with Crippen molar-refractivity contribution in [2.45, 2.75) is 13.3 Å². The fourth-order valence-electron chi connectivity index (χ4n) is 2.66. The van der Waals surface area contributed by atoms with Crippen molar-refractivity contribution in [2.24, 2.45) is 0 Å². The molecule has 2 aromatic rings. The molecule has 1 fully saturated rings. The number of thiophene rings is 1. The summed E-state index contributed by atoms with van der Waals surface area (Å²) in [5.41, 5.74) is 1.52. The molecule has 5 heteroatoms. The molecular weight excluding hydrogens is 464 g/mol. The van der Waals surface area contributed by atoms with Crippen LogP contribution in [0.5, 0.6) is 0 Å². The Balaban J connectivity index is 1.85. The van der Waals surface area contributed by atoms with Crippen molar-refractivity contribution in [1.29, 1.82) is 0 Å². The van der Waals surface area contributed by atoms with E-state index in [1.54, 1.807) is 2.39 Å². The molecule has 1 aromatic heterocycles. The van der Waals surface area contributed by atoms with Crippen molar-refractivity contribution in [1.82, 2.24) is 7.98 Å². The van der Waals surface area contributed by atoms with Gasteiger partial charge in [0.1, 0.15) is 0 Å². The predicted octanol–water partition coefficient (Wildman–Crippen LogP) is 2.78. The Morgan fingerprint density at radius 2 is 2.21 bits per heavy atom. The third kappa shape index (κ3) is 3.32. The van der Waals surface area contributed by atoms with Gasteiger partial charge in [-0.1, -0.05) is 0 Å². The van der Waals surface area contributed by atoms with Crippen LogP contribution in [0, 0.1) is 6.92 Å². The van der Waals surface area contributed by atoms with Gasteiger partial charge in [0, 0.05) is 0 Å². The third-order valence-electron chi connectivity index (χ3n) is 3.80. The molecule has 1 aliphatic heterocycles. The van der Waals surface area contributed by atoms with Crippen molar-refractivity contribution in [3.8, 4) is 0 Å². The van der Waals surface area contributed by atoms with E-state index in [4.69, 9.17) is 11.6 Å². The SMILES string of the molecule is Cc1[c]([Hg][N]2CCCNCC2)sc2cc(Cl)ccc12. The summed E-state index contributed by atoms with van der Waals surface area (Å²) in [6, 6.07) is 6.32. The van der Waals surface area contributed by atoms with E-state index in [-0.39, 0.29) is 0 Å². The van der Waals surface area contributed by atoms with E-state index in [9.17, 15) is 0 Å². The van der Waals surface area contributed by atoms with Gasteiger partial charge in [0.15, 0.2) is 0 Å². The van der Waals surface area contributed by atoms with Gasteiger partial charge in [0.25, 0.3) is 0 Å². The van der Waals surface area contributed by atoms with Gasteiger partial charge in [-0.2, -0.15) is 0 Å². The Bertz CT molecular complexity index is 576. The Labute approximate surface area is 136 Å². The minimum absolute atomic E-state index is 0.857. The quantitative estimate of drug-likeness (QED) is 0.664. The third-order valence-corrected chi connectivity index (χ3v) is 15.3. The number of nitrogens with one attached hydrogen (secondary N) is 1. The average molecular weight is 481 g/mol. The second-order valence-corrected chi connectivity index (χ2v) is 16.2. The van der Waals surface area contributed by atoms with Crippen LogP contribution < -0.4 is 7.70 Å². The van der Waals surface area contributed by atoms with Crippen LogP contribution in [0.3, 0.4) is 0 Å². The summed E-state index contributed by atoms with van der Waals surface area (Å²) in [5.74, 6) is 0. The van der Waals surface area contributed by atoms with Crippen molar-refractivity contribution in [3.05, 3.63) is 28.8 Å². The van der Waals surface area contributed by atoms with Crippen molar-refractivity contribution < 1.29 is 24.9 Å². The molecule has 19 heavy (non-hydrogen) atoms. The Morgan fingerprint density at radius 3 is 3.11 bits per heavy atom. The van der Waals surface area contributed by atoms with Crippen molar-refractivity contribution >= 4 is 35.4 Å². The molecule has 0 unspecified atom stereocenters. The molecule has 0 radical (unpaired) electrons. The monoisotopic (exact) mass is 482 g/mol. The molecule has 2 heterocycles. The van der Waals surface area contributed by atoms with Crippen LogP contribution in [0.15, 0.2) is 18.2 Å². The van der Waals surface area contributed by atoms with Gasteiger partial charge >= 0.3 is 137 Å². The van der Waals surface area contributed by atoms with E-state index in [0.29, 0.717) is 0 Å². The fraction of sp³-hybridized carbons (Fsp3) is 0.429. The van der Waals surface area contributed by atoms with Gasteiger partial charge in [-0.3, -0.25) is 0 Å². The predicted molar refractivity (Wildman–Crippen MR) is 80.3 cm³/mol. The summed E-state index contributed by atoms with van der Waals surface area (Å²) in [5, 5.41) is 5.76. The molecule has 1 aromatic carbocycles. The van der Waals surface area contributed by atoms with Crippen LogP contribution >= 0.6 is 22.9 Å². The molecule has 1 N–H and O–H groups in total. The molecule has 0 amide bonds. The number of aryl methyl sites for hydroxylation is 1. The van der Waals surface area contributed by atoms with E-state index in [1.165, 1.54) is 41.7 Å². The van der Waals surface area contributed by atoms with Gasteiger partial charge in [0.05, 0.1) is 0 Å². The normalized spacial score (nSPS) is 17.4. The van der Waals surface area contributed by atoms with Crippen LogP contribution in [0.1, 0.15) is 12.0 Å². The number of halogens is 1. The summed E-state index contributed by atoms with van der Waals surface area (Å²) < 4.78 is 5.85. The zero-order chi connectivity index (χ0) is 13.2. The first-order chi connectivity index (χ1) is 9.24. The van der Waals surface area contributed by atoms with E-state index < -0.39 is 24.9 Å². The topological polar surface area (TPSA) is 15.3 Å². The van der Waals surface area contributed by atoms with Crippen molar-refractivity contribution in [2.75, 3.05) is 26.2 Å². The molecule has 0 saturated carbocycles. The van der Waals surface area contributed by atoms with Gasteiger partial charge in [0.2, 0.25) is 0 Å². The Morgan fingerprint density at radius 1 is 1.32 bits per heavy atom. The first-order valence-corrected chi connectivity index (χ1v) is 13.2. The van der Waals surface area contributed by atoms with Gasteiger partial charge < -0.3 is 0 Å². The van der Waals surface area contributed by atoms with Gasteiger partial charge in [-0.05, 0) is 0 Å². The molecule has 0 atom stereocenters. The average Bonchev–Trinajstić information content (AvgIpc) is 2.58. The number of rotatable bonds is 2. The van der Waals surface area contributed by atoms with Crippen LogP contribution in [-0.2, 0) is 24.9 Å². The van der Waals surface area contributed by atoms with Crippen LogP contribution in [0.25, 0.3) is 10.1 Å². The molecule has 2 nitrogen and oxygen atoms in total. The summed E-state index contributed by atoms with van der Waals surface area (Å²) in [7, 11) is 0. The number of nitrogens with zero attached hydrogens (tertiary/aromatic N) is 1. The number of hydrogen-bond donors (Lipinski definition) is 1. The van der Waals surface area contributed by atoms with Crippen LogP contribution in [0.4, 0.5) is 0 Å². The van der Waals surface area contributed by atoms with Gasteiger partial charge in [-0.15, -0.1) is 0 Å². The second kappa shape index (κ2) is 6.40. The zero-order valence-corrected chi connectivity index (χ0v) is 18.3. The molecular formula is C14H17ClHgN2S. The first kappa shape index (κ1) is 14.3. The van der Waals surface area contributed by atoms with Gasteiger partial charge in [-0.25, -0.2) is 0 Å². The molecule has 0 aliphatic carbocycles.